The molecule has 0 N–H and O–H groups in total. The van der Waals surface area contributed by atoms with Gasteiger partial charge in [-0.2, -0.15) is 0 Å². The van der Waals surface area contributed by atoms with E-state index in [1.54, 1.807) is 12.1 Å². The highest BCUT2D eigenvalue weighted by atomic mass is 35.5. The maximum atomic E-state index is 11.9. The number of carbonyl (C=O) groups is 1. The van der Waals surface area contributed by atoms with E-state index in [4.69, 9.17) is 27.9 Å². The molecule has 0 unspecified atom stereocenters. The molecule has 1 rings (SSSR count). The quantitative estimate of drug-likeness (QED) is 0.593. The summed E-state index contributed by atoms with van der Waals surface area (Å²) in [4.78, 5) is 11.9. The number of aryl methyl sites for hydroxylation is 1. The fourth-order valence-electron chi connectivity index (χ4n) is 1.44. The van der Waals surface area contributed by atoms with Gasteiger partial charge in [0, 0.05) is 17.3 Å². The normalized spacial score (nSPS) is 10.7. The number of Topliss-reactive ketones (excluding diaryl/α,β-unsaturated/α-hetero) is 1. The summed E-state index contributed by atoms with van der Waals surface area (Å²) in [6.07, 6.45) is 0.299. The van der Waals surface area contributed by atoms with E-state index >= 15 is 0 Å². The summed E-state index contributed by atoms with van der Waals surface area (Å²) < 4.78 is 5.63. The van der Waals surface area contributed by atoms with Gasteiger partial charge in [0.15, 0.2) is 5.78 Å². The van der Waals surface area contributed by atoms with E-state index in [1.807, 2.05) is 20.8 Å². The number of carbonyl (C=O) groups excluding carboxylic acids is 1. The van der Waals surface area contributed by atoms with Gasteiger partial charge >= 0.3 is 0 Å². The van der Waals surface area contributed by atoms with E-state index in [1.165, 1.54) is 0 Å². The monoisotopic (exact) mass is 274 g/mol. The van der Waals surface area contributed by atoms with Crippen molar-refractivity contribution in [2.75, 3.05) is 5.88 Å². The molecular formula is C13H16Cl2O2. The van der Waals surface area contributed by atoms with Gasteiger partial charge in [0.25, 0.3) is 0 Å². The predicted molar refractivity (Wildman–Crippen MR) is 71.6 cm³/mol. The highest BCUT2D eigenvalue weighted by Gasteiger charge is 2.15. The first-order valence-corrected chi connectivity index (χ1v) is 6.43. The third kappa shape index (κ3) is 3.90. The third-order valence-corrected chi connectivity index (χ3v) is 2.84. The molecule has 0 atom stereocenters. The molecule has 1 aromatic carbocycles. The fourth-order valence-corrected chi connectivity index (χ4v) is 1.78. The number of alkyl halides is 1. The molecule has 0 fully saturated rings. The van der Waals surface area contributed by atoms with Crippen molar-refractivity contribution in [1.29, 1.82) is 0 Å². The highest BCUT2D eigenvalue weighted by Crippen LogP contribution is 2.28. The first kappa shape index (κ1) is 14.3. The Kier molecular flexibility index (Phi) is 5.29. The van der Waals surface area contributed by atoms with Gasteiger partial charge in [-0.05, 0) is 38.5 Å². The van der Waals surface area contributed by atoms with Crippen LogP contribution in [0.4, 0.5) is 0 Å². The number of ketones is 1. The lowest BCUT2D eigenvalue weighted by Gasteiger charge is -2.15. The molecule has 0 radical (unpaired) electrons. The van der Waals surface area contributed by atoms with Crippen LogP contribution in [0.2, 0.25) is 5.02 Å². The summed E-state index contributed by atoms with van der Waals surface area (Å²) in [6, 6.07) is 3.45. The molecule has 2 nitrogen and oxygen atoms in total. The maximum Gasteiger partial charge on any atom is 0.167 e. The molecule has 0 amide bonds. The van der Waals surface area contributed by atoms with Crippen LogP contribution in [0.15, 0.2) is 12.1 Å². The minimum Gasteiger partial charge on any atom is -0.490 e. The van der Waals surface area contributed by atoms with Crippen LogP contribution < -0.4 is 4.74 Å². The van der Waals surface area contributed by atoms with Crippen molar-refractivity contribution in [2.24, 2.45) is 0 Å². The van der Waals surface area contributed by atoms with Gasteiger partial charge in [0.05, 0.1) is 11.7 Å². The van der Waals surface area contributed by atoms with Gasteiger partial charge in [-0.15, -0.1) is 11.6 Å². The zero-order valence-electron chi connectivity index (χ0n) is 10.2. The van der Waals surface area contributed by atoms with E-state index in [0.29, 0.717) is 22.2 Å². The molecule has 0 aliphatic carbocycles. The van der Waals surface area contributed by atoms with Crippen molar-refractivity contribution in [2.45, 2.75) is 33.3 Å². The van der Waals surface area contributed by atoms with Crippen molar-refractivity contribution < 1.29 is 9.53 Å². The van der Waals surface area contributed by atoms with Crippen LogP contribution in [-0.4, -0.2) is 17.8 Å². The van der Waals surface area contributed by atoms with Crippen LogP contribution in [0.5, 0.6) is 5.75 Å². The number of ether oxygens (including phenoxy) is 1. The lowest BCUT2D eigenvalue weighted by atomic mass is 10.1. The SMILES string of the molecule is Cc1cc(OC(C)C)c(C(=O)CCCl)cc1Cl. The Balaban J connectivity index is 3.15. The summed E-state index contributed by atoms with van der Waals surface area (Å²) in [7, 11) is 0. The van der Waals surface area contributed by atoms with E-state index < -0.39 is 0 Å². The predicted octanol–water partition coefficient (Wildman–Crippen LogP) is 4.25. The zero-order valence-corrected chi connectivity index (χ0v) is 11.7. The molecule has 0 aliphatic heterocycles. The van der Waals surface area contributed by atoms with Crippen molar-refractivity contribution in [3.8, 4) is 5.75 Å². The summed E-state index contributed by atoms with van der Waals surface area (Å²) in [6.45, 7) is 5.71. The lowest BCUT2D eigenvalue weighted by Crippen LogP contribution is -2.11. The smallest absolute Gasteiger partial charge is 0.167 e. The van der Waals surface area contributed by atoms with E-state index in [0.717, 1.165) is 5.56 Å². The second-order valence-corrected chi connectivity index (χ2v) is 4.91. The van der Waals surface area contributed by atoms with Crippen LogP contribution >= 0.6 is 23.2 Å². The van der Waals surface area contributed by atoms with Crippen LogP contribution in [0, 0.1) is 6.92 Å². The molecule has 0 spiro atoms. The Morgan fingerprint density at radius 2 is 2.06 bits per heavy atom. The topological polar surface area (TPSA) is 26.3 Å². The average Bonchev–Trinajstić information content (AvgIpc) is 2.22. The zero-order chi connectivity index (χ0) is 13.0. The Morgan fingerprint density at radius 3 is 2.59 bits per heavy atom. The number of rotatable bonds is 5. The largest absolute Gasteiger partial charge is 0.490 e. The van der Waals surface area contributed by atoms with Crippen molar-refractivity contribution in [3.63, 3.8) is 0 Å². The van der Waals surface area contributed by atoms with Gasteiger partial charge in [-0.1, -0.05) is 11.6 Å². The summed E-state index contributed by atoms with van der Waals surface area (Å²) >= 11 is 11.6. The molecule has 4 heteroatoms. The van der Waals surface area contributed by atoms with Crippen LogP contribution in [0.1, 0.15) is 36.2 Å². The van der Waals surface area contributed by atoms with E-state index in [2.05, 4.69) is 0 Å². The van der Waals surface area contributed by atoms with Gasteiger partial charge in [-0.3, -0.25) is 4.79 Å². The average molecular weight is 275 g/mol. The molecule has 94 valence electrons. The maximum absolute atomic E-state index is 11.9. The Labute approximate surface area is 112 Å². The Bertz CT molecular complexity index is 414. The molecule has 0 saturated heterocycles. The Morgan fingerprint density at radius 1 is 1.41 bits per heavy atom. The molecule has 0 heterocycles. The summed E-state index contributed by atoms with van der Waals surface area (Å²) in [5.41, 5.74) is 1.40. The first-order chi connectivity index (χ1) is 7.95. The summed E-state index contributed by atoms with van der Waals surface area (Å²) in [5, 5.41) is 0.569. The third-order valence-electron chi connectivity index (χ3n) is 2.25. The molecular weight excluding hydrogens is 259 g/mol. The Hall–Kier alpha value is -0.730. The first-order valence-electron chi connectivity index (χ1n) is 5.51. The van der Waals surface area contributed by atoms with E-state index in [9.17, 15) is 4.79 Å². The van der Waals surface area contributed by atoms with Crippen molar-refractivity contribution >= 4 is 29.0 Å². The van der Waals surface area contributed by atoms with Crippen molar-refractivity contribution in [3.05, 3.63) is 28.3 Å². The lowest BCUT2D eigenvalue weighted by molar-refractivity contribution is 0.0983. The number of halogens is 2. The van der Waals surface area contributed by atoms with Gasteiger partial charge in [0.2, 0.25) is 0 Å². The molecule has 0 bridgehead atoms. The molecule has 0 aliphatic rings. The van der Waals surface area contributed by atoms with Gasteiger partial charge in [0.1, 0.15) is 5.75 Å². The molecule has 17 heavy (non-hydrogen) atoms. The van der Waals surface area contributed by atoms with E-state index in [-0.39, 0.29) is 18.3 Å². The number of hydrogen-bond donors (Lipinski definition) is 0. The van der Waals surface area contributed by atoms with Crippen LogP contribution in [0.25, 0.3) is 0 Å². The molecule has 0 saturated carbocycles. The molecule has 1 aromatic rings. The highest BCUT2D eigenvalue weighted by molar-refractivity contribution is 6.32. The number of hydrogen-bond acceptors (Lipinski definition) is 2. The van der Waals surface area contributed by atoms with Gasteiger partial charge in [-0.25, -0.2) is 0 Å². The molecule has 0 aromatic heterocycles. The minimum absolute atomic E-state index is 0.0122. The number of benzene rings is 1. The second kappa shape index (κ2) is 6.27. The van der Waals surface area contributed by atoms with Crippen LogP contribution in [-0.2, 0) is 0 Å². The summed E-state index contributed by atoms with van der Waals surface area (Å²) in [5.74, 6) is 0.834. The second-order valence-electron chi connectivity index (χ2n) is 4.13. The van der Waals surface area contributed by atoms with Gasteiger partial charge < -0.3 is 4.74 Å². The van der Waals surface area contributed by atoms with Crippen molar-refractivity contribution in [1.82, 2.24) is 0 Å². The minimum atomic E-state index is -0.0439. The fraction of sp³-hybridized carbons (Fsp3) is 0.462. The van der Waals surface area contributed by atoms with Crippen LogP contribution in [0.3, 0.4) is 0 Å². The standard InChI is InChI=1S/C13H16Cl2O2/c1-8(2)17-13-6-9(3)11(15)7-10(13)12(16)4-5-14/h6-8H,4-5H2,1-3H3.